The minimum Gasteiger partial charge on any atom is -0.450 e. The summed E-state index contributed by atoms with van der Waals surface area (Å²) >= 11 is 0. The van der Waals surface area contributed by atoms with Crippen molar-refractivity contribution in [1.82, 2.24) is 19.6 Å². The van der Waals surface area contributed by atoms with Crippen molar-refractivity contribution in [3.8, 4) is 0 Å². The lowest BCUT2D eigenvalue weighted by Crippen LogP contribution is -2.50. The summed E-state index contributed by atoms with van der Waals surface area (Å²) in [6.45, 7) is 8.85. The van der Waals surface area contributed by atoms with Crippen LogP contribution in [0.4, 0.5) is 4.79 Å². The van der Waals surface area contributed by atoms with Crippen molar-refractivity contribution < 1.29 is 14.3 Å². The van der Waals surface area contributed by atoms with Crippen molar-refractivity contribution in [3.05, 3.63) is 17.5 Å². The van der Waals surface area contributed by atoms with E-state index >= 15 is 0 Å². The summed E-state index contributed by atoms with van der Waals surface area (Å²) in [6.07, 6.45) is 1.32. The van der Waals surface area contributed by atoms with E-state index in [9.17, 15) is 9.59 Å². The van der Waals surface area contributed by atoms with Gasteiger partial charge in [0.15, 0.2) is 0 Å². The maximum Gasteiger partial charge on any atom is 0.409 e. The molecule has 1 saturated heterocycles. The highest BCUT2D eigenvalue weighted by atomic mass is 16.6. The van der Waals surface area contributed by atoms with Gasteiger partial charge in [0.05, 0.1) is 18.4 Å². The smallest absolute Gasteiger partial charge is 0.409 e. The lowest BCUT2D eigenvalue weighted by Gasteiger charge is -2.34. The van der Waals surface area contributed by atoms with Crippen molar-refractivity contribution in [2.45, 2.75) is 27.3 Å². The van der Waals surface area contributed by atoms with Gasteiger partial charge in [-0.25, -0.2) is 4.79 Å². The molecule has 1 aliphatic heterocycles. The zero-order valence-electron chi connectivity index (χ0n) is 12.8. The molecule has 2 amide bonds. The highest BCUT2D eigenvalue weighted by molar-refractivity contribution is 5.95. The number of aryl methyl sites for hydroxylation is 1. The largest absolute Gasteiger partial charge is 0.450 e. The Bertz CT molecular complexity index is 518. The van der Waals surface area contributed by atoms with E-state index < -0.39 is 0 Å². The third-order valence-electron chi connectivity index (χ3n) is 3.73. The Labute approximate surface area is 124 Å². The number of hydrogen-bond donors (Lipinski definition) is 0. The van der Waals surface area contributed by atoms with Gasteiger partial charge in [0.25, 0.3) is 5.91 Å². The van der Waals surface area contributed by atoms with Crippen molar-refractivity contribution in [1.29, 1.82) is 0 Å². The Kier molecular flexibility index (Phi) is 4.82. The van der Waals surface area contributed by atoms with Gasteiger partial charge < -0.3 is 14.5 Å². The van der Waals surface area contributed by atoms with Gasteiger partial charge in [-0.1, -0.05) is 0 Å². The van der Waals surface area contributed by atoms with Gasteiger partial charge in [0, 0.05) is 38.4 Å². The van der Waals surface area contributed by atoms with E-state index in [1.807, 2.05) is 18.5 Å². The zero-order chi connectivity index (χ0) is 15.4. The monoisotopic (exact) mass is 294 g/mol. The number of carbonyl (C=O) groups is 2. The van der Waals surface area contributed by atoms with Crippen LogP contribution in [0.3, 0.4) is 0 Å². The summed E-state index contributed by atoms with van der Waals surface area (Å²) < 4.78 is 6.78. The summed E-state index contributed by atoms with van der Waals surface area (Å²) in [4.78, 5) is 27.5. The lowest BCUT2D eigenvalue weighted by molar-refractivity contribution is 0.0569. The molecule has 7 nitrogen and oxygen atoms in total. The number of nitrogens with zero attached hydrogens (tertiary/aromatic N) is 4. The second kappa shape index (κ2) is 6.60. The van der Waals surface area contributed by atoms with Crippen LogP contribution in [0, 0.1) is 6.92 Å². The Morgan fingerprint density at radius 1 is 1.19 bits per heavy atom. The van der Waals surface area contributed by atoms with Gasteiger partial charge in [0.1, 0.15) is 0 Å². The first-order valence-corrected chi connectivity index (χ1v) is 7.31. The average molecular weight is 294 g/mol. The average Bonchev–Trinajstić information content (AvgIpc) is 2.88. The third-order valence-corrected chi connectivity index (χ3v) is 3.73. The standard InChI is InChI=1S/C14H22N4O3/c1-4-18-11(3)12(10-15-18)13(19)16-6-8-17(9-7-16)14(20)21-5-2/h10H,4-9H2,1-3H3. The molecule has 0 spiro atoms. The van der Waals surface area contributed by atoms with E-state index in [4.69, 9.17) is 4.74 Å². The molecule has 0 atom stereocenters. The molecule has 1 aliphatic rings. The summed E-state index contributed by atoms with van der Waals surface area (Å²) in [5.41, 5.74) is 1.52. The normalized spacial score (nSPS) is 15.2. The first-order valence-electron chi connectivity index (χ1n) is 7.31. The highest BCUT2D eigenvalue weighted by Crippen LogP contribution is 2.13. The molecule has 1 aromatic heterocycles. The second-order valence-electron chi connectivity index (χ2n) is 4.94. The Morgan fingerprint density at radius 3 is 2.33 bits per heavy atom. The van der Waals surface area contributed by atoms with Crippen LogP contribution in [0.5, 0.6) is 0 Å². The fourth-order valence-corrected chi connectivity index (χ4v) is 2.45. The Hall–Kier alpha value is -2.05. The molecular formula is C14H22N4O3. The molecule has 2 rings (SSSR count). The van der Waals surface area contributed by atoms with Gasteiger partial charge in [0.2, 0.25) is 0 Å². The molecule has 2 heterocycles. The molecule has 0 N–H and O–H groups in total. The van der Waals surface area contributed by atoms with Crippen molar-refractivity contribution in [2.75, 3.05) is 32.8 Å². The van der Waals surface area contributed by atoms with Gasteiger partial charge in [-0.05, 0) is 20.8 Å². The number of carbonyl (C=O) groups excluding carboxylic acids is 2. The van der Waals surface area contributed by atoms with Crippen LogP contribution in [0.2, 0.25) is 0 Å². The molecule has 0 aliphatic carbocycles. The fourth-order valence-electron chi connectivity index (χ4n) is 2.45. The van der Waals surface area contributed by atoms with E-state index in [0.717, 1.165) is 12.2 Å². The minimum atomic E-state index is -0.306. The number of amides is 2. The first kappa shape index (κ1) is 15.3. The minimum absolute atomic E-state index is 0.0179. The van der Waals surface area contributed by atoms with Crippen LogP contribution in [0.1, 0.15) is 29.9 Å². The number of hydrogen-bond acceptors (Lipinski definition) is 4. The predicted molar refractivity (Wildman–Crippen MR) is 77.1 cm³/mol. The van der Waals surface area contributed by atoms with E-state index in [-0.39, 0.29) is 12.0 Å². The fraction of sp³-hybridized carbons (Fsp3) is 0.643. The van der Waals surface area contributed by atoms with E-state index in [1.165, 1.54) is 0 Å². The molecule has 0 aromatic carbocycles. The number of aromatic nitrogens is 2. The molecule has 0 bridgehead atoms. The molecule has 0 unspecified atom stereocenters. The summed E-state index contributed by atoms with van der Waals surface area (Å²) in [6, 6.07) is 0. The summed E-state index contributed by atoms with van der Waals surface area (Å²) in [5, 5.41) is 4.20. The van der Waals surface area contributed by atoms with Crippen molar-refractivity contribution in [3.63, 3.8) is 0 Å². The van der Waals surface area contributed by atoms with Crippen molar-refractivity contribution >= 4 is 12.0 Å². The third kappa shape index (κ3) is 3.17. The van der Waals surface area contributed by atoms with E-state index in [0.29, 0.717) is 38.3 Å². The molecule has 7 heteroatoms. The van der Waals surface area contributed by atoms with Gasteiger partial charge in [-0.15, -0.1) is 0 Å². The summed E-state index contributed by atoms with van der Waals surface area (Å²) in [7, 11) is 0. The highest BCUT2D eigenvalue weighted by Gasteiger charge is 2.27. The van der Waals surface area contributed by atoms with E-state index in [2.05, 4.69) is 5.10 Å². The van der Waals surface area contributed by atoms with Gasteiger partial charge >= 0.3 is 6.09 Å². The van der Waals surface area contributed by atoms with E-state index in [1.54, 1.807) is 22.9 Å². The molecular weight excluding hydrogens is 272 g/mol. The molecule has 0 saturated carbocycles. The molecule has 21 heavy (non-hydrogen) atoms. The number of ether oxygens (including phenoxy) is 1. The van der Waals surface area contributed by atoms with Crippen LogP contribution in [0.25, 0.3) is 0 Å². The summed E-state index contributed by atoms with van der Waals surface area (Å²) in [5.74, 6) is -0.0179. The van der Waals surface area contributed by atoms with Gasteiger partial charge in [-0.2, -0.15) is 5.10 Å². The van der Waals surface area contributed by atoms with Crippen LogP contribution < -0.4 is 0 Å². The second-order valence-corrected chi connectivity index (χ2v) is 4.94. The SMILES string of the molecule is CCOC(=O)N1CCN(C(=O)c2cnn(CC)c2C)CC1. The number of rotatable bonds is 3. The maximum absolute atomic E-state index is 12.5. The van der Waals surface area contributed by atoms with Crippen LogP contribution in [0.15, 0.2) is 6.20 Å². The maximum atomic E-state index is 12.5. The Morgan fingerprint density at radius 2 is 1.81 bits per heavy atom. The zero-order valence-corrected chi connectivity index (χ0v) is 12.8. The molecule has 116 valence electrons. The first-order chi connectivity index (χ1) is 10.1. The van der Waals surface area contributed by atoms with Gasteiger partial charge in [-0.3, -0.25) is 9.48 Å². The topological polar surface area (TPSA) is 67.7 Å². The quantitative estimate of drug-likeness (QED) is 0.838. The lowest BCUT2D eigenvalue weighted by atomic mass is 10.2. The van der Waals surface area contributed by atoms with Crippen LogP contribution >= 0.6 is 0 Å². The van der Waals surface area contributed by atoms with Crippen molar-refractivity contribution in [2.24, 2.45) is 0 Å². The molecule has 0 radical (unpaired) electrons. The predicted octanol–water partition coefficient (Wildman–Crippen LogP) is 1.13. The molecule has 1 fully saturated rings. The Balaban J connectivity index is 1.97. The molecule has 1 aromatic rings. The van der Waals surface area contributed by atoms with Crippen LogP contribution in [-0.4, -0.2) is 64.4 Å². The van der Waals surface area contributed by atoms with Crippen LogP contribution in [-0.2, 0) is 11.3 Å². The number of piperazine rings is 1.